The third-order valence-corrected chi connectivity index (χ3v) is 6.51. The Morgan fingerprint density at radius 2 is 1.77 bits per heavy atom. The molecule has 0 bridgehead atoms. The first-order chi connectivity index (χ1) is 15.2. The Labute approximate surface area is 186 Å². The molecular weight excluding hydrogens is 408 g/mol. The maximum Gasteiger partial charge on any atom is 0.255 e. The molecular formula is C24H28N4O2S. The van der Waals surface area contributed by atoms with Crippen molar-refractivity contribution in [3.05, 3.63) is 65.2 Å². The van der Waals surface area contributed by atoms with Gasteiger partial charge in [-0.1, -0.05) is 55.7 Å². The van der Waals surface area contributed by atoms with Crippen LogP contribution < -0.4 is 10.6 Å². The third kappa shape index (κ3) is 5.61. The molecule has 31 heavy (non-hydrogen) atoms. The van der Waals surface area contributed by atoms with Crippen LogP contribution in [-0.4, -0.2) is 34.7 Å². The van der Waals surface area contributed by atoms with Crippen molar-refractivity contribution in [3.63, 3.8) is 0 Å². The molecule has 0 saturated heterocycles. The number of carbonyl (C=O) groups is 2. The zero-order valence-electron chi connectivity index (χ0n) is 17.5. The van der Waals surface area contributed by atoms with Crippen LogP contribution in [0.1, 0.15) is 48.0 Å². The lowest BCUT2D eigenvalue weighted by Crippen LogP contribution is -2.38. The van der Waals surface area contributed by atoms with Gasteiger partial charge in [0, 0.05) is 25.2 Å². The zero-order valence-corrected chi connectivity index (χ0v) is 18.4. The topological polar surface area (TPSA) is 76.0 Å². The SMILES string of the molecule is O=C(NCCNC(=O)C1CCCCC1)c1cn(Cc2ccccc2)nc1-c1cccs1. The number of hydrogen-bond acceptors (Lipinski definition) is 4. The zero-order chi connectivity index (χ0) is 21.5. The number of amides is 2. The lowest BCUT2D eigenvalue weighted by molar-refractivity contribution is -0.125. The summed E-state index contributed by atoms with van der Waals surface area (Å²) < 4.78 is 1.81. The van der Waals surface area contributed by atoms with Gasteiger partial charge in [-0.15, -0.1) is 11.3 Å². The van der Waals surface area contributed by atoms with Crippen molar-refractivity contribution in [3.8, 4) is 10.6 Å². The minimum atomic E-state index is -0.172. The smallest absolute Gasteiger partial charge is 0.255 e. The van der Waals surface area contributed by atoms with E-state index in [0.29, 0.717) is 30.9 Å². The van der Waals surface area contributed by atoms with E-state index in [4.69, 9.17) is 0 Å². The molecule has 4 rings (SSSR count). The molecule has 1 fully saturated rings. The van der Waals surface area contributed by atoms with E-state index in [1.165, 1.54) is 6.42 Å². The second-order valence-electron chi connectivity index (χ2n) is 7.93. The number of aromatic nitrogens is 2. The van der Waals surface area contributed by atoms with Gasteiger partial charge in [0.2, 0.25) is 5.91 Å². The first-order valence-electron chi connectivity index (χ1n) is 10.9. The van der Waals surface area contributed by atoms with Gasteiger partial charge < -0.3 is 10.6 Å². The lowest BCUT2D eigenvalue weighted by Gasteiger charge is -2.20. The van der Waals surface area contributed by atoms with Crippen molar-refractivity contribution in [2.45, 2.75) is 38.6 Å². The second-order valence-corrected chi connectivity index (χ2v) is 8.88. The highest BCUT2D eigenvalue weighted by Crippen LogP contribution is 2.27. The molecule has 2 aromatic heterocycles. The number of nitrogens with zero attached hydrogens (tertiary/aromatic N) is 2. The molecule has 1 aromatic carbocycles. The van der Waals surface area contributed by atoms with E-state index in [9.17, 15) is 9.59 Å². The Kier molecular flexibility index (Phi) is 7.14. The van der Waals surface area contributed by atoms with Crippen molar-refractivity contribution < 1.29 is 9.59 Å². The van der Waals surface area contributed by atoms with Crippen LogP contribution in [0, 0.1) is 5.92 Å². The van der Waals surface area contributed by atoms with Crippen molar-refractivity contribution in [2.24, 2.45) is 5.92 Å². The quantitative estimate of drug-likeness (QED) is 0.522. The number of carbonyl (C=O) groups excluding carboxylic acids is 2. The molecule has 0 radical (unpaired) electrons. The number of benzene rings is 1. The van der Waals surface area contributed by atoms with Gasteiger partial charge in [0.1, 0.15) is 5.69 Å². The molecule has 0 aliphatic heterocycles. The molecule has 1 aliphatic rings. The second kappa shape index (κ2) is 10.4. The van der Waals surface area contributed by atoms with Gasteiger partial charge in [-0.05, 0) is 29.9 Å². The summed E-state index contributed by atoms with van der Waals surface area (Å²) >= 11 is 1.56. The Morgan fingerprint density at radius 3 is 2.52 bits per heavy atom. The van der Waals surface area contributed by atoms with Gasteiger partial charge in [-0.2, -0.15) is 5.10 Å². The summed E-state index contributed by atoms with van der Waals surface area (Å²) in [4.78, 5) is 26.1. The lowest BCUT2D eigenvalue weighted by atomic mass is 9.89. The van der Waals surface area contributed by atoms with Crippen LogP contribution in [0.4, 0.5) is 0 Å². The van der Waals surface area contributed by atoms with Crippen molar-refractivity contribution in [1.82, 2.24) is 20.4 Å². The van der Waals surface area contributed by atoms with Gasteiger partial charge in [-0.3, -0.25) is 14.3 Å². The Morgan fingerprint density at radius 1 is 1.00 bits per heavy atom. The maximum atomic E-state index is 12.9. The van der Waals surface area contributed by atoms with Crippen molar-refractivity contribution in [2.75, 3.05) is 13.1 Å². The van der Waals surface area contributed by atoms with E-state index in [1.54, 1.807) is 17.5 Å². The molecule has 2 heterocycles. The Bertz CT molecular complexity index is 992. The Balaban J connectivity index is 1.37. The van der Waals surface area contributed by atoms with Crippen molar-refractivity contribution in [1.29, 1.82) is 0 Å². The van der Waals surface area contributed by atoms with E-state index in [-0.39, 0.29) is 17.7 Å². The average Bonchev–Trinajstić information content (AvgIpc) is 3.48. The van der Waals surface area contributed by atoms with Gasteiger partial charge >= 0.3 is 0 Å². The monoisotopic (exact) mass is 436 g/mol. The van der Waals surface area contributed by atoms with Crippen LogP contribution in [0.15, 0.2) is 54.0 Å². The van der Waals surface area contributed by atoms with E-state index in [0.717, 1.165) is 36.1 Å². The van der Waals surface area contributed by atoms with E-state index in [2.05, 4.69) is 15.7 Å². The summed E-state index contributed by atoms with van der Waals surface area (Å²) in [6.07, 6.45) is 7.24. The molecule has 0 spiro atoms. The first kappa shape index (κ1) is 21.3. The molecule has 1 saturated carbocycles. The number of hydrogen-bond donors (Lipinski definition) is 2. The van der Waals surface area contributed by atoms with Crippen LogP contribution >= 0.6 is 11.3 Å². The fraction of sp³-hybridized carbons (Fsp3) is 0.375. The summed E-state index contributed by atoms with van der Waals surface area (Å²) in [6.45, 7) is 1.43. The number of thiophene rings is 1. The summed E-state index contributed by atoms with van der Waals surface area (Å²) in [5.41, 5.74) is 2.37. The molecule has 6 nitrogen and oxygen atoms in total. The maximum absolute atomic E-state index is 12.9. The van der Waals surface area contributed by atoms with E-state index >= 15 is 0 Å². The highest BCUT2D eigenvalue weighted by molar-refractivity contribution is 7.13. The molecule has 2 N–H and O–H groups in total. The van der Waals surface area contributed by atoms with Gasteiger partial charge in [-0.25, -0.2) is 0 Å². The first-order valence-corrected chi connectivity index (χ1v) is 11.8. The fourth-order valence-corrected chi connectivity index (χ4v) is 4.72. The third-order valence-electron chi connectivity index (χ3n) is 5.63. The predicted molar refractivity (Wildman–Crippen MR) is 123 cm³/mol. The van der Waals surface area contributed by atoms with Gasteiger partial charge in [0.05, 0.1) is 17.0 Å². The normalized spacial score (nSPS) is 14.3. The highest BCUT2D eigenvalue weighted by atomic mass is 32.1. The van der Waals surface area contributed by atoms with Crippen LogP contribution in [0.5, 0.6) is 0 Å². The largest absolute Gasteiger partial charge is 0.354 e. The summed E-state index contributed by atoms with van der Waals surface area (Å²) in [6, 6.07) is 14.0. The van der Waals surface area contributed by atoms with E-state index < -0.39 is 0 Å². The van der Waals surface area contributed by atoms with Gasteiger partial charge in [0.25, 0.3) is 5.91 Å². The summed E-state index contributed by atoms with van der Waals surface area (Å²) in [5, 5.41) is 12.6. The summed E-state index contributed by atoms with van der Waals surface area (Å²) in [7, 11) is 0. The molecule has 3 aromatic rings. The number of nitrogens with one attached hydrogen (secondary N) is 2. The molecule has 1 aliphatic carbocycles. The molecule has 0 unspecified atom stereocenters. The molecule has 0 atom stereocenters. The number of rotatable bonds is 8. The Hall–Kier alpha value is -2.93. The highest BCUT2D eigenvalue weighted by Gasteiger charge is 2.21. The van der Waals surface area contributed by atoms with Gasteiger partial charge in [0.15, 0.2) is 0 Å². The molecule has 162 valence electrons. The minimum Gasteiger partial charge on any atom is -0.354 e. The van der Waals surface area contributed by atoms with Crippen LogP contribution in [0.25, 0.3) is 10.6 Å². The standard InChI is InChI=1S/C24H28N4O2S/c29-23(19-10-5-2-6-11-19)25-13-14-26-24(30)20-17-28(16-18-8-3-1-4-9-18)27-22(20)21-12-7-15-31-21/h1,3-4,7-9,12,15,17,19H,2,5-6,10-11,13-14,16H2,(H,25,29)(H,26,30). The fourth-order valence-electron chi connectivity index (χ4n) is 4.00. The molecule has 2 amide bonds. The van der Waals surface area contributed by atoms with Crippen LogP contribution in [-0.2, 0) is 11.3 Å². The average molecular weight is 437 g/mol. The van der Waals surface area contributed by atoms with Crippen LogP contribution in [0.2, 0.25) is 0 Å². The van der Waals surface area contributed by atoms with Crippen LogP contribution in [0.3, 0.4) is 0 Å². The predicted octanol–water partition coefficient (Wildman–Crippen LogP) is 4.09. The summed E-state index contributed by atoms with van der Waals surface area (Å²) in [5.74, 6) is 0.0737. The molecule has 7 heteroatoms. The van der Waals surface area contributed by atoms with E-state index in [1.807, 2.05) is 52.5 Å². The minimum absolute atomic E-state index is 0.115. The van der Waals surface area contributed by atoms with Crippen molar-refractivity contribution >= 4 is 23.2 Å².